The molecule has 9 rings (SSSR count). The number of aliphatic hydroxyl groups is 14. The molecule has 31 atom stereocenters. The lowest BCUT2D eigenvalue weighted by atomic mass is 9.43. The molecule has 2 amide bonds. The van der Waals surface area contributed by atoms with Crippen LogP contribution in [0.4, 0.5) is 0 Å². The Morgan fingerprint density at radius 1 is 0.614 bits per heavy atom. The van der Waals surface area contributed by atoms with Crippen LogP contribution in [-0.2, 0) is 19.1 Å². The van der Waals surface area contributed by atoms with Gasteiger partial charge in [-0.2, -0.15) is 0 Å². The Morgan fingerprint density at radius 3 is 1.61 bits per heavy atom. The molecular weight excluding hydrogens is 1130 g/mol. The molecule has 0 aromatic carbocycles. The van der Waals surface area contributed by atoms with E-state index in [9.17, 15) is 81.1 Å². The van der Waals surface area contributed by atoms with Gasteiger partial charge >= 0.3 is 0 Å². The zero-order chi connectivity index (χ0) is 63.2. The van der Waals surface area contributed by atoms with Crippen LogP contribution in [-0.4, -0.2) is 226 Å². The molecule has 9 fully saturated rings. The van der Waals surface area contributed by atoms with Gasteiger partial charge in [-0.3, -0.25) is 9.59 Å². The summed E-state index contributed by atoms with van der Waals surface area (Å²) in [6, 6.07) is 0. The molecule has 0 radical (unpaired) electrons. The molecule has 21 heteroatoms. The topological polar surface area (TPSA) is 363 Å². The summed E-state index contributed by atoms with van der Waals surface area (Å²) in [7, 11) is 0. The smallest absolute Gasteiger partial charge is 0.222 e. The van der Waals surface area contributed by atoms with Crippen LogP contribution in [0.15, 0.2) is 0 Å². The molecule has 0 bridgehead atoms. The maximum atomic E-state index is 14.4. The van der Waals surface area contributed by atoms with Crippen molar-refractivity contribution in [1.82, 2.24) is 15.5 Å². The number of nitrogens with zero attached hydrogens (tertiary/aromatic N) is 1. The molecule has 21 nitrogen and oxygen atoms in total. The Morgan fingerprint density at radius 2 is 1.11 bits per heavy atom. The first-order chi connectivity index (χ1) is 41.1. The standard InChI is InChI=1S/C66H115N3O18.CH4/c1-34(40-11-13-42-55-44(29-51(78)65(40,42)5)63(3)19-17-38(72)25-36(63)27-46(55)74)9-15-53(80)68-22-8-24-69(23-7-21-67-31-48(76)57(82)61(49(77)32-70)87-62-60(85)59(84)58(83)50(33-71)86-62)54(81)16-10-35(2)41-12-14-43-56-45(30-52(79)66(41,43)6)64(4)20-18-39(73)26-37(64)28-47(56)75;/h34-52,55-62,67,70-79,82-85H,7-33H2,1-6H3,(H,68,80);1H4. The Labute approximate surface area is 523 Å². The number of carbonyl (C=O) groups is 2. The molecule has 1 saturated heterocycles. The normalized spacial score (nSPS) is 45.8. The van der Waals surface area contributed by atoms with E-state index in [1.54, 1.807) is 4.90 Å². The minimum atomic E-state index is -1.87. The van der Waals surface area contributed by atoms with E-state index in [1.807, 2.05) is 0 Å². The van der Waals surface area contributed by atoms with Gasteiger partial charge in [0.15, 0.2) is 6.29 Å². The van der Waals surface area contributed by atoms with Crippen LogP contribution in [0.25, 0.3) is 0 Å². The third-order valence-corrected chi connectivity index (χ3v) is 26.5. The lowest BCUT2D eigenvalue weighted by Crippen LogP contribution is -2.62. The second-order valence-electron chi connectivity index (χ2n) is 30.8. The van der Waals surface area contributed by atoms with E-state index >= 15 is 0 Å². The fourth-order valence-electron chi connectivity index (χ4n) is 21.3. The van der Waals surface area contributed by atoms with Gasteiger partial charge < -0.3 is 96.5 Å². The summed E-state index contributed by atoms with van der Waals surface area (Å²) in [5.41, 5.74) is -0.850. The van der Waals surface area contributed by atoms with Gasteiger partial charge in [-0.1, -0.05) is 49.0 Å². The summed E-state index contributed by atoms with van der Waals surface area (Å²) in [6.45, 7) is 12.9. The SMILES string of the molecule is C.CC(CCC(=O)NCCCN(CCCNCC(O)C(O)C(OC1OC(CO)C(O)C(O)C1O)C(O)CO)C(=O)CCC(C)C1CCC2C3C(O)CC4CC(O)CCC4(C)C3CC(O)C12C)C1CCC2C3C(O)CC4CC(O)CCC4(C)C3CC(O)C12C. The van der Waals surface area contributed by atoms with Crippen LogP contribution in [0.2, 0.25) is 0 Å². The Kier molecular flexibility index (Phi) is 24.2. The summed E-state index contributed by atoms with van der Waals surface area (Å²) in [5.74, 6) is 1.84. The molecule has 0 aromatic rings. The molecule has 0 aromatic heterocycles. The fraction of sp³-hybridized carbons (Fsp3) is 0.970. The summed E-state index contributed by atoms with van der Waals surface area (Å²) in [5, 5.41) is 158. The van der Waals surface area contributed by atoms with Crippen molar-refractivity contribution in [3.63, 3.8) is 0 Å². The van der Waals surface area contributed by atoms with Crippen molar-refractivity contribution in [2.75, 3.05) is 45.9 Å². The van der Waals surface area contributed by atoms with Crippen LogP contribution < -0.4 is 10.6 Å². The summed E-state index contributed by atoms with van der Waals surface area (Å²) < 4.78 is 10.9. The first-order valence-electron chi connectivity index (χ1n) is 34.1. The summed E-state index contributed by atoms with van der Waals surface area (Å²) in [6.07, 6.45) is -4.31. The number of hydrogen-bond donors (Lipinski definition) is 16. The molecule has 8 saturated carbocycles. The second-order valence-corrected chi connectivity index (χ2v) is 30.8. The number of aliphatic hydroxyl groups excluding tert-OH is 14. The third kappa shape index (κ3) is 13.9. The van der Waals surface area contributed by atoms with Gasteiger partial charge in [-0.25, -0.2) is 0 Å². The van der Waals surface area contributed by atoms with E-state index in [1.165, 1.54) is 0 Å². The molecule has 9 aliphatic rings. The molecule has 31 unspecified atom stereocenters. The van der Waals surface area contributed by atoms with Gasteiger partial charge in [0.05, 0.1) is 55.9 Å². The van der Waals surface area contributed by atoms with Gasteiger partial charge in [0.25, 0.3) is 0 Å². The third-order valence-electron chi connectivity index (χ3n) is 26.5. The Hall–Kier alpha value is -1.74. The quantitative estimate of drug-likeness (QED) is 0.0581. The molecule has 510 valence electrons. The van der Waals surface area contributed by atoms with Crippen LogP contribution in [0.1, 0.15) is 177 Å². The zero-order valence-electron chi connectivity index (χ0n) is 53.0. The lowest BCUT2D eigenvalue weighted by molar-refractivity contribution is -0.327. The number of carbonyl (C=O) groups excluding carboxylic acids is 2. The average molecular weight is 1250 g/mol. The monoisotopic (exact) mass is 1250 g/mol. The molecular formula is C67H119N3O18. The van der Waals surface area contributed by atoms with Gasteiger partial charge in [0.1, 0.15) is 42.7 Å². The predicted molar refractivity (Wildman–Crippen MR) is 327 cm³/mol. The van der Waals surface area contributed by atoms with Crippen molar-refractivity contribution in [2.24, 2.45) is 92.7 Å². The molecule has 0 spiro atoms. The van der Waals surface area contributed by atoms with E-state index < -0.39 is 98.2 Å². The van der Waals surface area contributed by atoms with Crippen molar-refractivity contribution < 1.29 is 90.6 Å². The molecule has 1 heterocycles. The number of ether oxygens (including phenoxy) is 2. The van der Waals surface area contributed by atoms with Crippen LogP contribution >= 0.6 is 0 Å². The van der Waals surface area contributed by atoms with Gasteiger partial charge in [-0.15, -0.1) is 0 Å². The second kappa shape index (κ2) is 29.5. The van der Waals surface area contributed by atoms with E-state index in [-0.39, 0.29) is 138 Å². The van der Waals surface area contributed by atoms with Crippen molar-refractivity contribution in [1.29, 1.82) is 0 Å². The van der Waals surface area contributed by atoms with E-state index in [0.717, 1.165) is 51.4 Å². The molecule has 88 heavy (non-hydrogen) atoms. The highest BCUT2D eigenvalue weighted by molar-refractivity contribution is 5.76. The number of hydrogen-bond acceptors (Lipinski definition) is 19. The molecule has 16 N–H and O–H groups in total. The minimum Gasteiger partial charge on any atom is -0.394 e. The van der Waals surface area contributed by atoms with Crippen LogP contribution in [0.5, 0.6) is 0 Å². The highest BCUT2D eigenvalue weighted by Crippen LogP contribution is 2.70. The highest BCUT2D eigenvalue weighted by atomic mass is 16.7. The predicted octanol–water partition coefficient (Wildman–Crippen LogP) is 1.95. The zero-order valence-corrected chi connectivity index (χ0v) is 53.0. The number of fused-ring (bicyclic) bond motifs is 10. The van der Waals surface area contributed by atoms with Gasteiger partial charge in [-0.05, 0) is 215 Å². The summed E-state index contributed by atoms with van der Waals surface area (Å²) in [4.78, 5) is 29.8. The lowest BCUT2D eigenvalue weighted by Gasteiger charge is -2.63. The number of amides is 2. The Bertz CT molecular complexity index is 2260. The van der Waals surface area contributed by atoms with Gasteiger partial charge in [0.2, 0.25) is 11.8 Å². The van der Waals surface area contributed by atoms with Crippen molar-refractivity contribution in [3.8, 4) is 0 Å². The van der Waals surface area contributed by atoms with Crippen molar-refractivity contribution >= 4 is 11.8 Å². The van der Waals surface area contributed by atoms with E-state index in [0.29, 0.717) is 90.3 Å². The molecule has 8 aliphatic carbocycles. The van der Waals surface area contributed by atoms with Crippen LogP contribution in [0.3, 0.4) is 0 Å². The number of rotatable bonds is 25. The van der Waals surface area contributed by atoms with E-state index in [4.69, 9.17) is 9.47 Å². The summed E-state index contributed by atoms with van der Waals surface area (Å²) >= 11 is 0. The van der Waals surface area contributed by atoms with Gasteiger partial charge in [0, 0.05) is 39.0 Å². The number of nitrogens with one attached hydrogen (secondary N) is 2. The minimum absolute atomic E-state index is 0. The maximum Gasteiger partial charge on any atom is 0.222 e. The Balaban J connectivity index is 0.0000100. The first kappa shape index (κ1) is 72.1. The maximum absolute atomic E-state index is 14.4. The molecule has 1 aliphatic heterocycles. The van der Waals surface area contributed by atoms with Crippen molar-refractivity contribution in [2.45, 2.75) is 269 Å². The van der Waals surface area contributed by atoms with E-state index in [2.05, 4.69) is 52.2 Å². The highest BCUT2D eigenvalue weighted by Gasteiger charge is 2.68. The van der Waals surface area contributed by atoms with Crippen molar-refractivity contribution in [3.05, 3.63) is 0 Å². The fourth-order valence-corrected chi connectivity index (χ4v) is 21.3. The van der Waals surface area contributed by atoms with Crippen LogP contribution in [0, 0.1) is 92.7 Å². The largest absolute Gasteiger partial charge is 0.394 e. The first-order valence-corrected chi connectivity index (χ1v) is 34.1. The average Bonchev–Trinajstić information content (AvgIpc) is 1.34.